The molecule has 11 nitrogen and oxygen atoms in total. The van der Waals surface area contributed by atoms with Gasteiger partial charge in [-0.2, -0.15) is 0 Å². The lowest BCUT2D eigenvalue weighted by Crippen LogP contribution is -2.50. The number of aromatic amines is 1. The van der Waals surface area contributed by atoms with Crippen molar-refractivity contribution in [3.63, 3.8) is 0 Å². The van der Waals surface area contributed by atoms with Crippen LogP contribution in [0.1, 0.15) is 5.56 Å². The zero-order valence-electron chi connectivity index (χ0n) is 13.5. The van der Waals surface area contributed by atoms with Gasteiger partial charge in [0.15, 0.2) is 0 Å². The van der Waals surface area contributed by atoms with Crippen LogP contribution in [0.5, 0.6) is 0 Å². The number of aromatic nitrogens is 1. The third kappa shape index (κ3) is 4.54. The summed E-state index contributed by atoms with van der Waals surface area (Å²) in [5.41, 5.74) is 6.30. The molecule has 26 heavy (non-hydrogen) atoms. The van der Waals surface area contributed by atoms with E-state index in [4.69, 9.17) is 10.8 Å². The third-order valence-electron chi connectivity index (χ3n) is 3.64. The first kappa shape index (κ1) is 18.9. The molecule has 0 saturated carbocycles. The highest BCUT2D eigenvalue weighted by molar-refractivity contribution is 5.91. The molecular weight excluding hydrogens is 346 g/mol. The Labute approximate surface area is 146 Å². The van der Waals surface area contributed by atoms with Gasteiger partial charge in [-0.3, -0.25) is 24.5 Å². The summed E-state index contributed by atoms with van der Waals surface area (Å²) >= 11 is 0. The van der Waals surface area contributed by atoms with Gasteiger partial charge in [0, 0.05) is 35.7 Å². The van der Waals surface area contributed by atoms with Gasteiger partial charge in [-0.15, -0.1) is 0 Å². The molecule has 138 valence electrons. The van der Waals surface area contributed by atoms with E-state index in [1.54, 1.807) is 6.20 Å². The first-order chi connectivity index (χ1) is 12.3. The number of non-ortho nitro benzene ring substituents is 1. The van der Waals surface area contributed by atoms with Gasteiger partial charge in [0.25, 0.3) is 5.69 Å². The summed E-state index contributed by atoms with van der Waals surface area (Å²) in [6, 6.07) is 3.16. The first-order valence-electron chi connectivity index (χ1n) is 7.55. The molecule has 0 aliphatic carbocycles. The Hall–Kier alpha value is -3.47. The van der Waals surface area contributed by atoms with E-state index < -0.39 is 35.3 Å². The summed E-state index contributed by atoms with van der Waals surface area (Å²) in [5, 5.41) is 24.7. The lowest BCUT2D eigenvalue weighted by molar-refractivity contribution is -0.384. The van der Waals surface area contributed by atoms with Crippen molar-refractivity contribution < 1.29 is 24.4 Å². The lowest BCUT2D eigenvalue weighted by Gasteiger charge is -2.17. The van der Waals surface area contributed by atoms with Gasteiger partial charge < -0.3 is 26.5 Å². The molecule has 0 fully saturated rings. The topological polar surface area (TPSA) is 180 Å². The maximum Gasteiger partial charge on any atom is 0.322 e. The van der Waals surface area contributed by atoms with Crippen LogP contribution in [0.2, 0.25) is 0 Å². The van der Waals surface area contributed by atoms with Crippen molar-refractivity contribution in [2.45, 2.75) is 12.5 Å². The molecule has 0 saturated heterocycles. The number of benzene rings is 1. The van der Waals surface area contributed by atoms with Crippen molar-refractivity contribution >= 4 is 34.4 Å². The number of fused-ring (bicyclic) bond motifs is 1. The second-order valence-electron chi connectivity index (χ2n) is 5.44. The Morgan fingerprint density at radius 3 is 2.69 bits per heavy atom. The number of nitrogens with zero attached hydrogens (tertiary/aromatic N) is 1. The molecule has 1 aromatic heterocycles. The molecular formula is C15H17N5O6. The molecule has 0 spiro atoms. The molecule has 0 aliphatic rings. The number of carbonyl (C=O) groups is 3. The zero-order valence-corrected chi connectivity index (χ0v) is 13.5. The average molecular weight is 363 g/mol. The standard InChI is InChI=1S/C15H17N5O6/c16-5-13(21)19-12(15(24)18-7-14(22)23)3-8-6-17-11-2-1-9(20(25)26)4-10(8)11/h1-2,4,6,12,17H,3,5,7,16H2,(H,18,24)(H,19,21)(H,22,23)/t12-/m0/s1. The number of rotatable bonds is 8. The molecule has 1 atom stereocenters. The molecule has 0 radical (unpaired) electrons. The lowest BCUT2D eigenvalue weighted by atomic mass is 10.0. The van der Waals surface area contributed by atoms with Gasteiger partial charge in [0.1, 0.15) is 12.6 Å². The normalized spacial score (nSPS) is 11.7. The van der Waals surface area contributed by atoms with Crippen molar-refractivity contribution in [1.82, 2.24) is 15.6 Å². The van der Waals surface area contributed by atoms with Crippen LogP contribution in [0.15, 0.2) is 24.4 Å². The van der Waals surface area contributed by atoms with E-state index in [9.17, 15) is 24.5 Å². The number of nitro groups is 1. The SMILES string of the molecule is NCC(=O)N[C@@H](Cc1c[nH]c2ccc([N+](=O)[O-])cc12)C(=O)NCC(=O)O. The molecule has 2 amide bonds. The fraction of sp³-hybridized carbons (Fsp3) is 0.267. The van der Waals surface area contributed by atoms with Gasteiger partial charge in [0.05, 0.1) is 11.5 Å². The van der Waals surface area contributed by atoms with Crippen LogP contribution in [0.25, 0.3) is 10.9 Å². The van der Waals surface area contributed by atoms with Crippen molar-refractivity contribution in [1.29, 1.82) is 0 Å². The summed E-state index contributed by atoms with van der Waals surface area (Å²) in [7, 11) is 0. The maximum atomic E-state index is 12.2. The summed E-state index contributed by atoms with van der Waals surface area (Å²) < 4.78 is 0. The number of nitro benzene ring substituents is 1. The van der Waals surface area contributed by atoms with E-state index >= 15 is 0 Å². The summed E-state index contributed by atoms with van der Waals surface area (Å²) in [5.74, 6) is -2.52. The Morgan fingerprint density at radius 2 is 2.08 bits per heavy atom. The highest BCUT2D eigenvalue weighted by atomic mass is 16.6. The Bertz CT molecular complexity index is 861. The summed E-state index contributed by atoms with van der Waals surface area (Å²) in [6.45, 7) is -0.949. The third-order valence-corrected chi connectivity index (χ3v) is 3.64. The predicted molar refractivity (Wildman–Crippen MR) is 90.3 cm³/mol. The van der Waals surface area contributed by atoms with Gasteiger partial charge in [-0.25, -0.2) is 0 Å². The van der Waals surface area contributed by atoms with Gasteiger partial charge in [0.2, 0.25) is 11.8 Å². The van der Waals surface area contributed by atoms with Gasteiger partial charge >= 0.3 is 5.97 Å². The first-order valence-corrected chi connectivity index (χ1v) is 7.55. The van der Waals surface area contributed by atoms with Crippen LogP contribution in [-0.2, 0) is 20.8 Å². The van der Waals surface area contributed by atoms with Crippen molar-refractivity contribution in [2.24, 2.45) is 5.73 Å². The van der Waals surface area contributed by atoms with E-state index in [1.807, 2.05) is 0 Å². The number of H-pyrrole nitrogens is 1. The van der Waals surface area contributed by atoms with Crippen LogP contribution < -0.4 is 16.4 Å². The number of hydrogen-bond acceptors (Lipinski definition) is 6. The molecule has 0 unspecified atom stereocenters. The molecule has 6 N–H and O–H groups in total. The molecule has 2 aromatic rings. The van der Waals surface area contributed by atoms with Crippen LogP contribution in [0.3, 0.4) is 0 Å². The fourth-order valence-corrected chi connectivity index (χ4v) is 2.42. The van der Waals surface area contributed by atoms with Crippen molar-refractivity contribution in [2.75, 3.05) is 13.1 Å². The van der Waals surface area contributed by atoms with E-state index in [2.05, 4.69) is 15.6 Å². The number of hydrogen-bond donors (Lipinski definition) is 5. The average Bonchev–Trinajstić information content (AvgIpc) is 3.00. The highest BCUT2D eigenvalue weighted by Gasteiger charge is 2.23. The maximum absolute atomic E-state index is 12.2. The fourth-order valence-electron chi connectivity index (χ4n) is 2.42. The molecule has 1 heterocycles. The molecule has 0 aliphatic heterocycles. The Morgan fingerprint density at radius 1 is 1.35 bits per heavy atom. The molecule has 0 bridgehead atoms. The number of amides is 2. The van der Waals surface area contributed by atoms with Crippen LogP contribution in [0, 0.1) is 10.1 Å². The van der Waals surface area contributed by atoms with Crippen molar-refractivity contribution in [3.8, 4) is 0 Å². The van der Waals surface area contributed by atoms with Crippen LogP contribution in [-0.4, -0.2) is 51.9 Å². The Kier molecular flexibility index (Phi) is 5.86. The van der Waals surface area contributed by atoms with Crippen LogP contribution in [0.4, 0.5) is 5.69 Å². The minimum Gasteiger partial charge on any atom is -0.480 e. The smallest absolute Gasteiger partial charge is 0.322 e. The Balaban J connectivity index is 2.28. The monoisotopic (exact) mass is 363 g/mol. The minimum absolute atomic E-state index is 0.00163. The zero-order chi connectivity index (χ0) is 19.3. The van der Waals surface area contributed by atoms with Gasteiger partial charge in [-0.05, 0) is 11.6 Å². The summed E-state index contributed by atoms with van der Waals surface area (Å²) in [6.07, 6.45) is 1.57. The molecule has 2 rings (SSSR count). The summed E-state index contributed by atoms with van der Waals surface area (Å²) in [4.78, 5) is 47.7. The number of carboxylic acids is 1. The quantitative estimate of drug-likeness (QED) is 0.302. The number of carboxylic acid groups (broad SMARTS) is 1. The second-order valence-corrected chi connectivity index (χ2v) is 5.44. The highest BCUT2D eigenvalue weighted by Crippen LogP contribution is 2.24. The number of carbonyl (C=O) groups excluding carboxylic acids is 2. The molecule has 1 aromatic carbocycles. The van der Waals surface area contributed by atoms with E-state index in [0.717, 1.165) is 0 Å². The number of nitrogens with one attached hydrogen (secondary N) is 3. The number of aliphatic carboxylic acids is 1. The largest absolute Gasteiger partial charge is 0.480 e. The van der Waals surface area contributed by atoms with E-state index in [0.29, 0.717) is 16.5 Å². The van der Waals surface area contributed by atoms with Gasteiger partial charge in [-0.1, -0.05) is 0 Å². The van der Waals surface area contributed by atoms with Crippen molar-refractivity contribution in [3.05, 3.63) is 40.1 Å². The predicted octanol–water partition coefficient (Wildman–Crippen LogP) is -0.737. The van der Waals surface area contributed by atoms with E-state index in [-0.39, 0.29) is 18.7 Å². The van der Waals surface area contributed by atoms with E-state index in [1.165, 1.54) is 18.2 Å². The number of nitrogens with two attached hydrogens (primary N) is 1. The molecule has 11 heteroatoms. The second kappa shape index (κ2) is 8.07. The minimum atomic E-state index is -1.23. The van der Waals surface area contributed by atoms with Crippen LogP contribution >= 0.6 is 0 Å².